The number of rotatable bonds is 3. The predicted octanol–water partition coefficient (Wildman–Crippen LogP) is 2.54. The van der Waals surface area contributed by atoms with Crippen LogP contribution in [0.15, 0.2) is 40.7 Å². The second-order valence-corrected chi connectivity index (χ2v) is 6.52. The minimum atomic E-state index is -0.391. The number of thiophene rings is 1. The summed E-state index contributed by atoms with van der Waals surface area (Å²) in [6.07, 6.45) is 5.36. The van der Waals surface area contributed by atoms with E-state index in [1.54, 1.807) is 4.90 Å². The van der Waals surface area contributed by atoms with Gasteiger partial charge in [-0.15, -0.1) is 11.3 Å². The summed E-state index contributed by atoms with van der Waals surface area (Å²) in [7, 11) is 0. The van der Waals surface area contributed by atoms with E-state index in [9.17, 15) is 9.59 Å². The van der Waals surface area contributed by atoms with Gasteiger partial charge < -0.3 is 9.88 Å². The van der Waals surface area contributed by atoms with E-state index in [4.69, 9.17) is 0 Å². The molecule has 2 aromatic heterocycles. The minimum absolute atomic E-state index is 0.0314. The Balaban J connectivity index is 1.89. The zero-order chi connectivity index (χ0) is 15.7. The lowest BCUT2D eigenvalue weighted by atomic mass is 10.0. The second kappa shape index (κ2) is 5.88. The van der Waals surface area contributed by atoms with Crippen LogP contribution < -0.4 is 5.56 Å². The first-order valence-electron chi connectivity index (χ1n) is 7.18. The van der Waals surface area contributed by atoms with Crippen LogP contribution in [0.25, 0.3) is 10.7 Å². The van der Waals surface area contributed by atoms with Crippen LogP contribution in [0.2, 0.25) is 0 Å². The quantitative estimate of drug-likeness (QED) is 0.885. The molecule has 1 aliphatic rings. The highest BCUT2D eigenvalue weighted by Gasteiger charge is 2.29. The van der Waals surface area contributed by atoms with Gasteiger partial charge in [-0.05, 0) is 17.4 Å². The van der Waals surface area contributed by atoms with E-state index in [0.29, 0.717) is 18.3 Å². The molecule has 0 saturated heterocycles. The van der Waals surface area contributed by atoms with Gasteiger partial charge in [0.15, 0.2) is 0 Å². The highest BCUT2D eigenvalue weighted by molar-refractivity contribution is 7.13. The minimum Gasteiger partial charge on any atom is -0.328 e. The summed E-state index contributed by atoms with van der Waals surface area (Å²) in [6, 6.07) is 3.80. The number of nitrogens with one attached hydrogen (secondary N) is 1. The topological polar surface area (TPSA) is 66.1 Å². The van der Waals surface area contributed by atoms with Gasteiger partial charge in [0.05, 0.1) is 10.9 Å². The van der Waals surface area contributed by atoms with Gasteiger partial charge in [0.25, 0.3) is 11.5 Å². The van der Waals surface area contributed by atoms with Gasteiger partial charge in [-0.1, -0.05) is 32.1 Å². The van der Waals surface area contributed by atoms with Crippen LogP contribution in [0.5, 0.6) is 0 Å². The van der Waals surface area contributed by atoms with Crippen molar-refractivity contribution in [1.29, 1.82) is 0 Å². The molecule has 6 heteroatoms. The van der Waals surface area contributed by atoms with Crippen molar-refractivity contribution < 1.29 is 4.79 Å². The van der Waals surface area contributed by atoms with Crippen LogP contribution in [0.3, 0.4) is 0 Å². The number of hydrogen-bond acceptors (Lipinski definition) is 4. The van der Waals surface area contributed by atoms with Crippen LogP contribution in [0.1, 0.15) is 24.2 Å². The molecule has 2 aromatic rings. The summed E-state index contributed by atoms with van der Waals surface area (Å²) in [6.45, 7) is 4.65. The molecule has 114 valence electrons. The smallest absolute Gasteiger partial charge is 0.264 e. The Kier molecular flexibility index (Phi) is 3.94. The molecule has 0 aliphatic carbocycles. The zero-order valence-corrected chi connectivity index (χ0v) is 13.3. The van der Waals surface area contributed by atoms with Crippen molar-refractivity contribution in [1.82, 2.24) is 14.9 Å². The monoisotopic (exact) mass is 315 g/mol. The zero-order valence-electron chi connectivity index (χ0n) is 12.4. The average molecular weight is 315 g/mol. The Labute approximate surface area is 132 Å². The Hall–Kier alpha value is -2.21. The molecule has 0 saturated carbocycles. The maximum Gasteiger partial charge on any atom is 0.264 e. The van der Waals surface area contributed by atoms with E-state index in [0.717, 1.165) is 4.88 Å². The molecule has 0 bridgehead atoms. The molecule has 3 heterocycles. The number of aromatic amines is 1. The summed E-state index contributed by atoms with van der Waals surface area (Å²) in [5.74, 6) is 0.534. The van der Waals surface area contributed by atoms with Crippen molar-refractivity contribution in [3.63, 3.8) is 0 Å². The van der Waals surface area contributed by atoms with Crippen molar-refractivity contribution in [2.45, 2.75) is 19.9 Å². The molecule has 0 fully saturated rings. The first-order valence-corrected chi connectivity index (χ1v) is 8.06. The molecule has 22 heavy (non-hydrogen) atoms. The van der Waals surface area contributed by atoms with E-state index in [2.05, 4.69) is 23.8 Å². The fourth-order valence-corrected chi connectivity index (χ4v) is 3.26. The molecule has 0 aromatic carbocycles. The third kappa shape index (κ3) is 2.62. The number of hydrogen-bond donors (Lipinski definition) is 1. The number of carbonyl (C=O) groups excluding carboxylic acids is 1. The van der Waals surface area contributed by atoms with Crippen molar-refractivity contribution in [3.8, 4) is 10.7 Å². The van der Waals surface area contributed by atoms with Gasteiger partial charge in [0.1, 0.15) is 11.4 Å². The summed E-state index contributed by atoms with van der Waals surface area (Å²) < 4.78 is 0. The molecule has 0 spiro atoms. The Morgan fingerprint density at radius 2 is 2.32 bits per heavy atom. The van der Waals surface area contributed by atoms with Gasteiger partial charge >= 0.3 is 0 Å². The lowest BCUT2D eigenvalue weighted by Gasteiger charge is -2.27. The number of amides is 1. The molecule has 0 unspecified atom stereocenters. The first kappa shape index (κ1) is 14.7. The summed E-state index contributed by atoms with van der Waals surface area (Å²) >= 11 is 1.49. The Morgan fingerprint density at radius 3 is 2.95 bits per heavy atom. The van der Waals surface area contributed by atoms with Crippen LogP contribution >= 0.6 is 11.3 Å². The van der Waals surface area contributed by atoms with Crippen LogP contribution in [-0.4, -0.2) is 33.4 Å². The largest absolute Gasteiger partial charge is 0.328 e. The molecule has 3 rings (SSSR count). The molecule has 5 nitrogen and oxygen atoms in total. The molecular weight excluding hydrogens is 298 g/mol. The molecule has 1 aliphatic heterocycles. The fourth-order valence-electron chi connectivity index (χ4n) is 2.58. The maximum atomic E-state index is 12.6. The summed E-state index contributed by atoms with van der Waals surface area (Å²) in [5.41, 5.74) is -0.299. The molecular formula is C16H17N3O2S. The standard InChI is InChI=1S/C16H17N3O2S/c1-10(2)12-5-3-7-19(12)16(21)11-9-17-14(18-15(11)20)13-6-4-8-22-13/h3-6,8-10,12H,7H2,1-2H3,(H,17,18,20)/t12-/m1/s1. The first-order chi connectivity index (χ1) is 10.6. The number of H-pyrrole nitrogens is 1. The van der Waals surface area contributed by atoms with E-state index < -0.39 is 5.56 Å². The number of carbonyl (C=O) groups is 1. The van der Waals surface area contributed by atoms with E-state index in [-0.39, 0.29) is 17.5 Å². The normalized spacial score (nSPS) is 17.4. The van der Waals surface area contributed by atoms with Crippen molar-refractivity contribution in [2.24, 2.45) is 5.92 Å². The van der Waals surface area contributed by atoms with Crippen LogP contribution in [-0.2, 0) is 0 Å². The molecule has 1 N–H and O–H groups in total. The van der Waals surface area contributed by atoms with Crippen molar-refractivity contribution in [3.05, 3.63) is 51.8 Å². The van der Waals surface area contributed by atoms with E-state index in [1.165, 1.54) is 17.5 Å². The van der Waals surface area contributed by atoms with Gasteiger partial charge in [-0.25, -0.2) is 4.98 Å². The van der Waals surface area contributed by atoms with E-state index >= 15 is 0 Å². The second-order valence-electron chi connectivity index (χ2n) is 5.57. The molecule has 1 atom stereocenters. The van der Waals surface area contributed by atoms with E-state index in [1.807, 2.05) is 29.7 Å². The van der Waals surface area contributed by atoms with Gasteiger partial charge in [-0.3, -0.25) is 9.59 Å². The van der Waals surface area contributed by atoms with Gasteiger partial charge in [0.2, 0.25) is 0 Å². The summed E-state index contributed by atoms with van der Waals surface area (Å²) in [5, 5.41) is 1.91. The van der Waals surface area contributed by atoms with Gasteiger partial charge in [0, 0.05) is 12.7 Å². The third-order valence-corrected chi connectivity index (χ3v) is 4.60. The molecule has 0 radical (unpaired) electrons. The highest BCUT2D eigenvalue weighted by Crippen LogP contribution is 2.21. The lowest BCUT2D eigenvalue weighted by Crippen LogP contribution is -2.41. The summed E-state index contributed by atoms with van der Waals surface area (Å²) in [4.78, 5) is 34.4. The van der Waals surface area contributed by atoms with Crippen molar-refractivity contribution in [2.75, 3.05) is 6.54 Å². The van der Waals surface area contributed by atoms with Gasteiger partial charge in [-0.2, -0.15) is 0 Å². The Bertz CT molecular complexity index is 762. The number of nitrogens with zero attached hydrogens (tertiary/aromatic N) is 2. The average Bonchev–Trinajstić information content (AvgIpc) is 3.17. The maximum absolute atomic E-state index is 12.6. The highest BCUT2D eigenvalue weighted by atomic mass is 32.1. The SMILES string of the molecule is CC(C)[C@H]1C=CCN1C(=O)c1cnc(-c2cccs2)[nH]c1=O. The van der Waals surface area contributed by atoms with Crippen LogP contribution in [0.4, 0.5) is 0 Å². The fraction of sp³-hybridized carbons (Fsp3) is 0.312. The number of aromatic nitrogens is 2. The molecule has 1 amide bonds. The third-order valence-electron chi connectivity index (χ3n) is 3.72. The van der Waals surface area contributed by atoms with Crippen molar-refractivity contribution >= 4 is 17.2 Å². The predicted molar refractivity (Wildman–Crippen MR) is 87.0 cm³/mol. The Morgan fingerprint density at radius 1 is 1.50 bits per heavy atom. The van der Waals surface area contributed by atoms with Crippen LogP contribution in [0, 0.1) is 5.92 Å². The lowest BCUT2D eigenvalue weighted by molar-refractivity contribution is 0.0718.